The summed E-state index contributed by atoms with van der Waals surface area (Å²) < 4.78 is 31.3. The van der Waals surface area contributed by atoms with Gasteiger partial charge >= 0.3 is 0 Å². The number of aromatic amines is 1. The van der Waals surface area contributed by atoms with Gasteiger partial charge in [-0.05, 0) is 25.2 Å². The number of anilines is 2. The molecule has 0 unspecified atom stereocenters. The van der Waals surface area contributed by atoms with E-state index in [4.69, 9.17) is 4.74 Å². The minimum Gasteiger partial charge on any atom is -0.378 e. The third-order valence-electron chi connectivity index (χ3n) is 4.08. The minimum atomic E-state index is -3.67. The van der Waals surface area contributed by atoms with Crippen LogP contribution in [0.1, 0.15) is 15.9 Å². The lowest BCUT2D eigenvalue weighted by atomic mass is 10.2. The van der Waals surface area contributed by atoms with Gasteiger partial charge in [0.1, 0.15) is 17.5 Å². The van der Waals surface area contributed by atoms with E-state index in [1.165, 1.54) is 31.3 Å². The first-order valence-corrected chi connectivity index (χ1v) is 9.60. The van der Waals surface area contributed by atoms with Crippen molar-refractivity contribution in [3.63, 3.8) is 0 Å². The number of carbonyl (C=O) groups excluding carboxylic acids is 1. The van der Waals surface area contributed by atoms with Crippen LogP contribution in [0.5, 0.6) is 0 Å². The molecule has 10 nitrogen and oxygen atoms in total. The highest BCUT2D eigenvalue weighted by molar-refractivity contribution is 7.89. The van der Waals surface area contributed by atoms with Crippen LogP contribution in [0, 0.1) is 11.3 Å². The van der Waals surface area contributed by atoms with E-state index in [-0.39, 0.29) is 21.8 Å². The molecule has 1 amide bonds. The number of nitrogens with zero attached hydrogens (tertiary/aromatic N) is 3. The minimum absolute atomic E-state index is 0.0308. The lowest BCUT2D eigenvalue weighted by Gasteiger charge is -2.26. The summed E-state index contributed by atoms with van der Waals surface area (Å²) in [6, 6.07) is 7.64. The fraction of sp³-hybridized carbons (Fsp3) is 0.312. The number of morpholine rings is 1. The van der Waals surface area contributed by atoms with Gasteiger partial charge in [0.25, 0.3) is 5.91 Å². The fourth-order valence-electron chi connectivity index (χ4n) is 2.64. The van der Waals surface area contributed by atoms with Crippen molar-refractivity contribution in [3.05, 3.63) is 35.4 Å². The molecule has 1 aliphatic rings. The number of hydrogen-bond donors (Lipinski definition) is 3. The predicted molar refractivity (Wildman–Crippen MR) is 97.0 cm³/mol. The standard InChI is InChI=1S/C16H18N6O4S/c1-18-27(24,25)12-4-2-3-11(9-12)16(23)19-14-13(10-17)15(21-20-14)22-5-7-26-8-6-22/h2-4,9,18H,5-8H2,1H3,(H2,19,20,21,23). The SMILES string of the molecule is CNS(=O)(=O)c1cccc(C(=O)Nc2[nH]nc(N3CCOCC3)c2C#N)c1. The van der Waals surface area contributed by atoms with E-state index in [2.05, 4.69) is 20.2 Å². The molecule has 0 saturated carbocycles. The Hall–Kier alpha value is -2.94. The number of benzene rings is 1. The van der Waals surface area contributed by atoms with Gasteiger partial charge in [0.2, 0.25) is 10.0 Å². The second-order valence-electron chi connectivity index (χ2n) is 5.70. The molecule has 1 fully saturated rings. The molecular formula is C16H18N6O4S. The molecule has 0 aliphatic carbocycles. The van der Waals surface area contributed by atoms with Gasteiger partial charge in [-0.25, -0.2) is 13.1 Å². The van der Waals surface area contributed by atoms with Crippen LogP contribution in [0.3, 0.4) is 0 Å². The molecule has 142 valence electrons. The van der Waals surface area contributed by atoms with E-state index in [0.29, 0.717) is 32.1 Å². The van der Waals surface area contributed by atoms with Crippen molar-refractivity contribution in [1.82, 2.24) is 14.9 Å². The monoisotopic (exact) mass is 390 g/mol. The number of carbonyl (C=O) groups is 1. The summed E-state index contributed by atoms with van der Waals surface area (Å²) in [5.74, 6) is 0.0466. The molecule has 0 spiro atoms. The summed E-state index contributed by atoms with van der Waals surface area (Å²) in [7, 11) is -2.38. The molecular weight excluding hydrogens is 372 g/mol. The third kappa shape index (κ3) is 3.92. The largest absolute Gasteiger partial charge is 0.378 e. The first-order valence-electron chi connectivity index (χ1n) is 8.12. The maximum atomic E-state index is 12.5. The molecule has 2 aromatic rings. The number of amides is 1. The molecule has 2 heterocycles. The van der Waals surface area contributed by atoms with Crippen LogP contribution in [0.4, 0.5) is 11.6 Å². The van der Waals surface area contributed by atoms with Crippen molar-refractivity contribution >= 4 is 27.6 Å². The van der Waals surface area contributed by atoms with Crippen LogP contribution in [0.2, 0.25) is 0 Å². The van der Waals surface area contributed by atoms with Crippen molar-refractivity contribution in [2.24, 2.45) is 0 Å². The highest BCUT2D eigenvalue weighted by Crippen LogP contribution is 2.25. The Morgan fingerprint density at radius 1 is 1.37 bits per heavy atom. The number of rotatable bonds is 5. The Labute approximate surface area is 156 Å². The van der Waals surface area contributed by atoms with Crippen LogP contribution in [0.15, 0.2) is 29.2 Å². The van der Waals surface area contributed by atoms with Gasteiger partial charge in [-0.2, -0.15) is 10.4 Å². The Morgan fingerprint density at radius 3 is 2.78 bits per heavy atom. The van der Waals surface area contributed by atoms with Gasteiger partial charge in [-0.3, -0.25) is 9.89 Å². The van der Waals surface area contributed by atoms with E-state index in [9.17, 15) is 18.5 Å². The second-order valence-corrected chi connectivity index (χ2v) is 7.58. The van der Waals surface area contributed by atoms with Crippen molar-refractivity contribution in [1.29, 1.82) is 5.26 Å². The molecule has 1 aromatic heterocycles. The van der Waals surface area contributed by atoms with Crippen molar-refractivity contribution < 1.29 is 17.9 Å². The number of ether oxygens (including phenoxy) is 1. The highest BCUT2D eigenvalue weighted by Gasteiger charge is 2.22. The number of nitriles is 1. The van der Waals surface area contributed by atoms with Crippen LogP contribution >= 0.6 is 0 Å². The van der Waals surface area contributed by atoms with E-state index < -0.39 is 15.9 Å². The zero-order valence-corrected chi connectivity index (χ0v) is 15.3. The summed E-state index contributed by atoms with van der Waals surface area (Å²) in [6.45, 7) is 2.26. The summed E-state index contributed by atoms with van der Waals surface area (Å²) in [6.07, 6.45) is 0. The Morgan fingerprint density at radius 2 is 2.11 bits per heavy atom. The lowest BCUT2D eigenvalue weighted by molar-refractivity contribution is 0.102. The van der Waals surface area contributed by atoms with Crippen molar-refractivity contribution in [3.8, 4) is 6.07 Å². The third-order valence-corrected chi connectivity index (χ3v) is 5.50. The Kier molecular flexibility index (Phi) is 5.41. The molecule has 3 rings (SSSR count). The summed E-state index contributed by atoms with van der Waals surface area (Å²) >= 11 is 0. The smallest absolute Gasteiger partial charge is 0.256 e. The number of nitrogens with one attached hydrogen (secondary N) is 3. The lowest BCUT2D eigenvalue weighted by Crippen LogP contribution is -2.36. The van der Waals surface area contributed by atoms with Gasteiger partial charge in [0, 0.05) is 18.7 Å². The molecule has 0 atom stereocenters. The van der Waals surface area contributed by atoms with E-state index in [1.807, 2.05) is 11.0 Å². The quantitative estimate of drug-likeness (QED) is 0.666. The van der Waals surface area contributed by atoms with Crippen LogP contribution in [-0.4, -0.2) is 57.9 Å². The molecule has 0 radical (unpaired) electrons. The molecule has 1 aromatic carbocycles. The van der Waals surface area contributed by atoms with E-state index in [0.717, 1.165) is 0 Å². The maximum absolute atomic E-state index is 12.5. The Balaban J connectivity index is 1.84. The van der Waals surface area contributed by atoms with Gasteiger partial charge in [-0.1, -0.05) is 6.07 Å². The van der Waals surface area contributed by atoms with Crippen LogP contribution in [-0.2, 0) is 14.8 Å². The van der Waals surface area contributed by atoms with Gasteiger partial charge in [-0.15, -0.1) is 0 Å². The van der Waals surface area contributed by atoms with Gasteiger partial charge in [0.05, 0.1) is 18.1 Å². The molecule has 0 bridgehead atoms. The number of hydrogen-bond acceptors (Lipinski definition) is 7. The van der Waals surface area contributed by atoms with E-state index >= 15 is 0 Å². The van der Waals surface area contributed by atoms with Crippen LogP contribution in [0.25, 0.3) is 0 Å². The van der Waals surface area contributed by atoms with Crippen molar-refractivity contribution in [2.45, 2.75) is 4.90 Å². The Bertz CT molecular complexity index is 989. The maximum Gasteiger partial charge on any atom is 0.256 e. The summed E-state index contributed by atoms with van der Waals surface area (Å²) in [4.78, 5) is 14.4. The zero-order valence-electron chi connectivity index (χ0n) is 14.5. The summed E-state index contributed by atoms with van der Waals surface area (Å²) in [5, 5.41) is 18.9. The average molecular weight is 390 g/mol. The first-order chi connectivity index (χ1) is 13.0. The number of aromatic nitrogens is 2. The molecule has 1 saturated heterocycles. The fourth-order valence-corrected chi connectivity index (χ4v) is 3.42. The van der Waals surface area contributed by atoms with Crippen molar-refractivity contribution in [2.75, 3.05) is 43.6 Å². The number of H-pyrrole nitrogens is 1. The van der Waals surface area contributed by atoms with E-state index in [1.54, 1.807) is 0 Å². The number of sulfonamides is 1. The van der Waals surface area contributed by atoms with Gasteiger partial charge in [0.15, 0.2) is 5.82 Å². The normalized spacial score (nSPS) is 14.6. The molecule has 1 aliphatic heterocycles. The molecule has 27 heavy (non-hydrogen) atoms. The topological polar surface area (TPSA) is 140 Å². The first kappa shape index (κ1) is 18.8. The summed E-state index contributed by atoms with van der Waals surface area (Å²) in [5.41, 5.74) is 0.349. The average Bonchev–Trinajstić information content (AvgIpc) is 3.11. The molecule has 3 N–H and O–H groups in total. The predicted octanol–water partition coefficient (Wildman–Crippen LogP) is 0.278. The highest BCUT2D eigenvalue weighted by atomic mass is 32.2. The van der Waals surface area contributed by atoms with Crippen LogP contribution < -0.4 is 14.9 Å². The zero-order chi connectivity index (χ0) is 19.4. The second kappa shape index (κ2) is 7.75. The molecule has 11 heteroatoms. The van der Waals surface area contributed by atoms with Gasteiger partial charge < -0.3 is 15.0 Å².